The summed E-state index contributed by atoms with van der Waals surface area (Å²) >= 11 is 0. The lowest BCUT2D eigenvalue weighted by molar-refractivity contribution is -0.138. The van der Waals surface area contributed by atoms with Crippen LogP contribution in [-0.4, -0.2) is 40.1 Å². The van der Waals surface area contributed by atoms with Crippen molar-refractivity contribution in [3.8, 4) is 0 Å². The smallest absolute Gasteiger partial charge is 0.317 e. The quantitative estimate of drug-likeness (QED) is 0.871. The number of likely N-dealkylation sites (tertiary alicyclic amines) is 1. The van der Waals surface area contributed by atoms with Gasteiger partial charge in [-0.15, -0.1) is 0 Å². The van der Waals surface area contributed by atoms with Crippen LogP contribution in [0.25, 0.3) is 0 Å². The van der Waals surface area contributed by atoms with Gasteiger partial charge in [0.1, 0.15) is 0 Å². The largest absolute Gasteiger partial charge is 0.481 e. The van der Waals surface area contributed by atoms with Gasteiger partial charge in [-0.3, -0.25) is 9.78 Å². The first-order chi connectivity index (χ1) is 9.56. The molecule has 1 aliphatic heterocycles. The highest BCUT2D eigenvalue weighted by atomic mass is 16.4. The average molecular weight is 277 g/mol. The van der Waals surface area contributed by atoms with Gasteiger partial charge in [0.2, 0.25) is 0 Å². The number of amides is 2. The van der Waals surface area contributed by atoms with Gasteiger partial charge in [-0.1, -0.05) is 6.07 Å². The van der Waals surface area contributed by atoms with E-state index in [9.17, 15) is 9.59 Å². The van der Waals surface area contributed by atoms with Crippen molar-refractivity contribution in [3.05, 3.63) is 29.6 Å². The molecule has 1 aromatic rings. The third-order valence-electron chi connectivity index (χ3n) is 3.56. The van der Waals surface area contributed by atoms with Gasteiger partial charge in [0.05, 0.1) is 12.2 Å². The maximum absolute atomic E-state index is 12.0. The van der Waals surface area contributed by atoms with Gasteiger partial charge in [-0.25, -0.2) is 4.79 Å². The van der Waals surface area contributed by atoms with Crippen LogP contribution < -0.4 is 5.32 Å². The monoisotopic (exact) mass is 277 g/mol. The van der Waals surface area contributed by atoms with Gasteiger partial charge >= 0.3 is 12.0 Å². The fourth-order valence-corrected chi connectivity index (χ4v) is 2.41. The van der Waals surface area contributed by atoms with Crippen molar-refractivity contribution < 1.29 is 14.7 Å². The molecule has 0 saturated carbocycles. The van der Waals surface area contributed by atoms with E-state index in [0.717, 1.165) is 17.7 Å². The molecule has 6 nitrogen and oxygen atoms in total. The van der Waals surface area contributed by atoms with Crippen LogP contribution in [0.1, 0.15) is 24.1 Å². The number of aromatic nitrogens is 1. The molecule has 0 aromatic carbocycles. The second-order valence-electron chi connectivity index (χ2n) is 5.12. The highest BCUT2D eigenvalue weighted by Gasteiger charge is 2.27. The number of pyridine rings is 1. The first-order valence-electron chi connectivity index (χ1n) is 6.71. The molecule has 6 heteroatoms. The number of urea groups is 1. The maximum Gasteiger partial charge on any atom is 0.317 e. The second kappa shape index (κ2) is 6.36. The third kappa shape index (κ3) is 3.69. The lowest BCUT2D eigenvalue weighted by Gasteiger charge is -2.17. The first kappa shape index (κ1) is 14.3. The predicted molar refractivity (Wildman–Crippen MR) is 73.1 cm³/mol. The predicted octanol–water partition coefficient (Wildman–Crippen LogP) is 1.40. The topological polar surface area (TPSA) is 82.5 Å². The van der Waals surface area contributed by atoms with E-state index < -0.39 is 5.97 Å². The van der Waals surface area contributed by atoms with Crippen LogP contribution in [-0.2, 0) is 11.3 Å². The molecule has 0 radical (unpaired) electrons. The highest BCUT2D eigenvalue weighted by molar-refractivity contribution is 5.74. The summed E-state index contributed by atoms with van der Waals surface area (Å²) < 4.78 is 0. The number of carboxylic acids is 1. The van der Waals surface area contributed by atoms with E-state index in [4.69, 9.17) is 5.11 Å². The van der Waals surface area contributed by atoms with Crippen LogP contribution in [0.4, 0.5) is 4.79 Å². The van der Waals surface area contributed by atoms with E-state index in [0.29, 0.717) is 19.6 Å². The minimum atomic E-state index is -0.804. The number of aryl methyl sites for hydroxylation is 1. The van der Waals surface area contributed by atoms with Crippen LogP contribution in [0.2, 0.25) is 0 Å². The molecule has 2 heterocycles. The number of nitrogens with one attached hydrogen (secondary N) is 1. The van der Waals surface area contributed by atoms with Gasteiger partial charge in [0.25, 0.3) is 0 Å². The van der Waals surface area contributed by atoms with Crippen LogP contribution in [0.5, 0.6) is 0 Å². The zero-order chi connectivity index (χ0) is 14.5. The van der Waals surface area contributed by atoms with E-state index in [1.807, 2.05) is 19.1 Å². The lowest BCUT2D eigenvalue weighted by atomic mass is 10.1. The number of carboxylic acid groups (broad SMARTS) is 1. The van der Waals surface area contributed by atoms with E-state index in [-0.39, 0.29) is 18.4 Å². The van der Waals surface area contributed by atoms with Crippen LogP contribution >= 0.6 is 0 Å². The highest BCUT2D eigenvalue weighted by Crippen LogP contribution is 2.19. The number of carbonyl (C=O) groups is 2. The molecule has 20 heavy (non-hydrogen) atoms. The van der Waals surface area contributed by atoms with Crippen molar-refractivity contribution in [3.63, 3.8) is 0 Å². The molecule has 2 N–H and O–H groups in total. The third-order valence-corrected chi connectivity index (χ3v) is 3.56. The molecule has 0 spiro atoms. The summed E-state index contributed by atoms with van der Waals surface area (Å²) in [6.45, 7) is 3.48. The Hall–Kier alpha value is -2.11. The van der Waals surface area contributed by atoms with Crippen LogP contribution in [0.3, 0.4) is 0 Å². The molecule has 0 aliphatic carbocycles. The molecule has 1 aromatic heterocycles. The normalized spacial score (nSPS) is 18.1. The minimum absolute atomic E-state index is 0.0647. The molecular formula is C14H19N3O3. The minimum Gasteiger partial charge on any atom is -0.481 e. The second-order valence-corrected chi connectivity index (χ2v) is 5.12. The number of hydrogen-bond donors (Lipinski definition) is 2. The Morgan fingerprint density at radius 3 is 3.05 bits per heavy atom. The van der Waals surface area contributed by atoms with Gasteiger partial charge in [-0.05, 0) is 30.9 Å². The maximum atomic E-state index is 12.0. The summed E-state index contributed by atoms with van der Waals surface area (Å²) in [5.74, 6) is -0.740. The van der Waals surface area contributed by atoms with Crippen molar-refractivity contribution in [2.45, 2.75) is 26.3 Å². The number of rotatable bonds is 4. The summed E-state index contributed by atoms with van der Waals surface area (Å²) in [5, 5.41) is 11.6. The van der Waals surface area contributed by atoms with E-state index in [2.05, 4.69) is 10.3 Å². The standard InChI is InChI=1S/C14H19N3O3/c1-10-3-2-5-15-12(10)8-16-14(20)17-6-4-11(9-17)7-13(18)19/h2-3,5,11H,4,6-9H2,1H3,(H,16,20)(H,18,19). The molecule has 1 atom stereocenters. The first-order valence-corrected chi connectivity index (χ1v) is 6.71. The Balaban J connectivity index is 1.81. The SMILES string of the molecule is Cc1cccnc1CNC(=O)N1CCC(CC(=O)O)C1. The van der Waals surface area contributed by atoms with E-state index in [1.165, 1.54) is 0 Å². The summed E-state index contributed by atoms with van der Waals surface area (Å²) in [6.07, 6.45) is 2.58. The molecule has 1 saturated heterocycles. The number of carbonyl (C=O) groups excluding carboxylic acids is 1. The summed E-state index contributed by atoms with van der Waals surface area (Å²) in [7, 11) is 0. The summed E-state index contributed by atoms with van der Waals surface area (Å²) in [4.78, 5) is 28.5. The van der Waals surface area contributed by atoms with Gasteiger partial charge < -0.3 is 15.3 Å². The molecule has 1 unspecified atom stereocenters. The number of aliphatic carboxylic acids is 1. The van der Waals surface area contributed by atoms with Crippen LogP contribution in [0.15, 0.2) is 18.3 Å². The van der Waals surface area contributed by atoms with Crippen molar-refractivity contribution in [1.82, 2.24) is 15.2 Å². The molecule has 1 fully saturated rings. The Kier molecular flexibility index (Phi) is 4.55. The number of nitrogens with zero attached hydrogens (tertiary/aromatic N) is 2. The summed E-state index contributed by atoms with van der Waals surface area (Å²) in [5.41, 5.74) is 1.89. The Bertz CT molecular complexity index is 504. The molecule has 0 bridgehead atoms. The Morgan fingerprint density at radius 1 is 1.55 bits per heavy atom. The summed E-state index contributed by atoms with van der Waals surface area (Å²) in [6, 6.07) is 3.66. The van der Waals surface area contributed by atoms with Gasteiger partial charge in [0.15, 0.2) is 0 Å². The Labute approximate surface area is 117 Å². The molecule has 1 aliphatic rings. The Morgan fingerprint density at radius 2 is 2.35 bits per heavy atom. The van der Waals surface area contributed by atoms with Crippen LogP contribution in [0, 0.1) is 12.8 Å². The van der Waals surface area contributed by atoms with Crippen molar-refractivity contribution in [1.29, 1.82) is 0 Å². The molecule has 108 valence electrons. The van der Waals surface area contributed by atoms with E-state index >= 15 is 0 Å². The lowest BCUT2D eigenvalue weighted by Crippen LogP contribution is -2.38. The molecular weight excluding hydrogens is 258 g/mol. The average Bonchev–Trinajstić information content (AvgIpc) is 2.85. The number of hydrogen-bond acceptors (Lipinski definition) is 3. The van der Waals surface area contributed by atoms with Crippen molar-refractivity contribution >= 4 is 12.0 Å². The van der Waals surface area contributed by atoms with E-state index in [1.54, 1.807) is 11.1 Å². The zero-order valence-corrected chi connectivity index (χ0v) is 11.5. The molecule has 2 rings (SSSR count). The van der Waals surface area contributed by atoms with Gasteiger partial charge in [0, 0.05) is 25.7 Å². The zero-order valence-electron chi connectivity index (χ0n) is 11.5. The van der Waals surface area contributed by atoms with Gasteiger partial charge in [-0.2, -0.15) is 0 Å². The van der Waals surface area contributed by atoms with Crippen molar-refractivity contribution in [2.75, 3.05) is 13.1 Å². The van der Waals surface area contributed by atoms with Crippen molar-refractivity contribution in [2.24, 2.45) is 5.92 Å². The molecule has 2 amide bonds. The fourth-order valence-electron chi connectivity index (χ4n) is 2.41. The fraction of sp³-hybridized carbons (Fsp3) is 0.500.